The minimum Gasteiger partial charge on any atom is -0.445 e. The molecule has 0 aliphatic heterocycles. The van der Waals surface area contributed by atoms with E-state index in [9.17, 15) is 4.79 Å². The Hall–Kier alpha value is -2.34. The molecule has 0 saturated heterocycles. The molecule has 0 bridgehead atoms. The maximum atomic E-state index is 11.7. The van der Waals surface area contributed by atoms with Crippen LogP contribution in [0.15, 0.2) is 59.3 Å². The lowest BCUT2D eigenvalue weighted by Crippen LogP contribution is -2.26. The molecule has 3 aromatic rings. The highest BCUT2D eigenvalue weighted by Crippen LogP contribution is 2.12. The van der Waals surface area contributed by atoms with Crippen LogP contribution >= 0.6 is 15.9 Å². The third-order valence-corrected chi connectivity index (χ3v) is 3.80. The van der Waals surface area contributed by atoms with Gasteiger partial charge in [0.15, 0.2) is 0 Å². The van der Waals surface area contributed by atoms with Gasteiger partial charge in [-0.3, -0.25) is 0 Å². The van der Waals surface area contributed by atoms with E-state index >= 15 is 0 Å². The second kappa shape index (κ2) is 7.28. The van der Waals surface area contributed by atoms with Gasteiger partial charge in [-0.25, -0.2) is 9.78 Å². The monoisotopic (exact) mass is 373 g/mol. The van der Waals surface area contributed by atoms with E-state index in [0.29, 0.717) is 13.0 Å². The van der Waals surface area contributed by atoms with Crippen LogP contribution in [0.3, 0.4) is 0 Å². The van der Waals surface area contributed by atoms with Crippen molar-refractivity contribution in [3.63, 3.8) is 0 Å². The van der Waals surface area contributed by atoms with Crippen molar-refractivity contribution in [2.75, 3.05) is 6.54 Å². The normalized spacial score (nSPS) is 10.7. The standard InChI is InChI=1S/C17H16BrN3O2/c18-14-6-7-16-20-15(11-21(16)10-14)8-9-19-17(22)23-12-13-4-2-1-3-5-13/h1-7,10-11H,8-9,12H2,(H,19,22). The summed E-state index contributed by atoms with van der Waals surface area (Å²) in [5.41, 5.74) is 2.77. The maximum Gasteiger partial charge on any atom is 0.407 e. The molecule has 0 aliphatic rings. The Morgan fingerprint density at radius 2 is 2.00 bits per heavy atom. The van der Waals surface area contributed by atoms with Crippen LogP contribution in [0.4, 0.5) is 4.79 Å². The molecule has 0 atom stereocenters. The first-order valence-electron chi connectivity index (χ1n) is 7.28. The summed E-state index contributed by atoms with van der Waals surface area (Å²) in [5.74, 6) is 0. The van der Waals surface area contributed by atoms with E-state index in [2.05, 4.69) is 26.2 Å². The number of pyridine rings is 1. The molecule has 3 rings (SSSR count). The topological polar surface area (TPSA) is 55.6 Å². The summed E-state index contributed by atoms with van der Waals surface area (Å²) in [5, 5.41) is 2.74. The van der Waals surface area contributed by atoms with Crippen LogP contribution in [0.5, 0.6) is 0 Å². The molecular formula is C17H16BrN3O2. The minimum absolute atomic E-state index is 0.273. The van der Waals surface area contributed by atoms with Gasteiger partial charge in [0.25, 0.3) is 0 Å². The van der Waals surface area contributed by atoms with Gasteiger partial charge in [-0.1, -0.05) is 30.3 Å². The number of halogens is 1. The van der Waals surface area contributed by atoms with Gasteiger partial charge < -0.3 is 14.5 Å². The van der Waals surface area contributed by atoms with Crippen LogP contribution in [0.25, 0.3) is 5.65 Å². The van der Waals surface area contributed by atoms with Gasteiger partial charge >= 0.3 is 6.09 Å². The number of nitrogens with zero attached hydrogens (tertiary/aromatic N) is 2. The van der Waals surface area contributed by atoms with Gasteiger partial charge in [-0.2, -0.15) is 0 Å². The molecule has 5 nitrogen and oxygen atoms in total. The molecule has 6 heteroatoms. The van der Waals surface area contributed by atoms with E-state index in [1.807, 2.05) is 59.3 Å². The van der Waals surface area contributed by atoms with E-state index in [-0.39, 0.29) is 6.61 Å². The van der Waals surface area contributed by atoms with E-state index in [1.54, 1.807) is 0 Å². The van der Waals surface area contributed by atoms with Crippen molar-refractivity contribution in [3.05, 3.63) is 70.6 Å². The van der Waals surface area contributed by atoms with Gasteiger partial charge in [0.1, 0.15) is 12.3 Å². The van der Waals surface area contributed by atoms with Gasteiger partial charge in [0, 0.05) is 29.8 Å². The highest BCUT2D eigenvalue weighted by atomic mass is 79.9. The maximum absolute atomic E-state index is 11.7. The Kier molecular flexibility index (Phi) is 4.92. The molecule has 0 aliphatic carbocycles. The van der Waals surface area contributed by atoms with Crippen LogP contribution in [0, 0.1) is 0 Å². The number of nitrogens with one attached hydrogen (secondary N) is 1. The smallest absolute Gasteiger partial charge is 0.407 e. The summed E-state index contributed by atoms with van der Waals surface area (Å²) in [6.45, 7) is 0.758. The number of fused-ring (bicyclic) bond motifs is 1. The zero-order valence-corrected chi connectivity index (χ0v) is 14.0. The highest BCUT2D eigenvalue weighted by molar-refractivity contribution is 9.10. The lowest BCUT2D eigenvalue weighted by Gasteiger charge is -2.06. The molecule has 1 amide bonds. The summed E-state index contributed by atoms with van der Waals surface area (Å²) in [7, 11) is 0. The molecule has 0 fully saturated rings. The number of imidazole rings is 1. The van der Waals surface area contributed by atoms with Crippen LogP contribution < -0.4 is 5.32 Å². The van der Waals surface area contributed by atoms with Crippen molar-refractivity contribution >= 4 is 27.7 Å². The van der Waals surface area contributed by atoms with E-state index < -0.39 is 6.09 Å². The fourth-order valence-corrected chi connectivity index (χ4v) is 2.56. The molecule has 1 N–H and O–H groups in total. The fourth-order valence-electron chi connectivity index (χ4n) is 2.20. The fraction of sp³-hybridized carbons (Fsp3) is 0.176. The van der Waals surface area contributed by atoms with E-state index in [4.69, 9.17) is 4.74 Å². The Morgan fingerprint density at radius 3 is 2.83 bits per heavy atom. The number of alkyl carbamates (subject to hydrolysis) is 1. The zero-order chi connectivity index (χ0) is 16.1. The predicted octanol–water partition coefficient (Wildman–Crippen LogP) is 3.57. The van der Waals surface area contributed by atoms with Crippen molar-refractivity contribution < 1.29 is 9.53 Å². The predicted molar refractivity (Wildman–Crippen MR) is 91.2 cm³/mol. The first kappa shape index (κ1) is 15.6. The van der Waals surface area contributed by atoms with Crippen molar-refractivity contribution in [1.29, 1.82) is 0 Å². The Morgan fingerprint density at radius 1 is 1.17 bits per heavy atom. The highest BCUT2D eigenvalue weighted by Gasteiger charge is 2.05. The van der Waals surface area contributed by atoms with Gasteiger partial charge in [-0.15, -0.1) is 0 Å². The second-order valence-corrected chi connectivity index (χ2v) is 6.00. The zero-order valence-electron chi connectivity index (χ0n) is 12.4. The largest absolute Gasteiger partial charge is 0.445 e. The van der Waals surface area contributed by atoms with Crippen LogP contribution in [-0.2, 0) is 17.8 Å². The van der Waals surface area contributed by atoms with Gasteiger partial charge in [0.2, 0.25) is 0 Å². The number of aromatic nitrogens is 2. The molecule has 2 aromatic heterocycles. The van der Waals surface area contributed by atoms with Crippen molar-refractivity contribution in [3.8, 4) is 0 Å². The average Bonchev–Trinajstić information content (AvgIpc) is 2.95. The Bertz CT molecular complexity index is 802. The number of rotatable bonds is 5. The molecule has 1 aromatic carbocycles. The third-order valence-electron chi connectivity index (χ3n) is 3.33. The van der Waals surface area contributed by atoms with E-state index in [1.165, 1.54) is 0 Å². The van der Waals surface area contributed by atoms with Crippen molar-refractivity contribution in [2.24, 2.45) is 0 Å². The number of carbonyl (C=O) groups is 1. The SMILES string of the molecule is O=C(NCCc1cn2cc(Br)ccc2n1)OCc1ccccc1. The quantitative estimate of drug-likeness (QED) is 0.743. The number of amides is 1. The van der Waals surface area contributed by atoms with Crippen molar-refractivity contribution in [2.45, 2.75) is 13.0 Å². The molecule has 2 heterocycles. The molecule has 0 saturated carbocycles. The van der Waals surface area contributed by atoms with E-state index in [0.717, 1.165) is 21.4 Å². The minimum atomic E-state index is -0.416. The first-order chi connectivity index (χ1) is 11.2. The summed E-state index contributed by atoms with van der Waals surface area (Å²) in [6, 6.07) is 13.5. The number of ether oxygens (including phenoxy) is 1. The number of benzene rings is 1. The van der Waals surface area contributed by atoms with Crippen LogP contribution in [-0.4, -0.2) is 22.0 Å². The third kappa shape index (κ3) is 4.32. The molecule has 23 heavy (non-hydrogen) atoms. The molecule has 0 radical (unpaired) electrons. The summed E-state index contributed by atoms with van der Waals surface area (Å²) in [6.07, 6.45) is 4.14. The number of hydrogen-bond acceptors (Lipinski definition) is 3. The first-order valence-corrected chi connectivity index (χ1v) is 8.08. The Labute approximate surface area is 142 Å². The lowest BCUT2D eigenvalue weighted by molar-refractivity contribution is 0.140. The van der Waals surface area contributed by atoms with Gasteiger partial charge in [-0.05, 0) is 33.6 Å². The molecule has 118 valence electrons. The number of carbonyl (C=O) groups excluding carboxylic acids is 1. The molecular weight excluding hydrogens is 358 g/mol. The summed E-state index contributed by atoms with van der Waals surface area (Å²) in [4.78, 5) is 16.2. The average molecular weight is 374 g/mol. The van der Waals surface area contributed by atoms with Crippen LogP contribution in [0.1, 0.15) is 11.3 Å². The lowest BCUT2D eigenvalue weighted by atomic mass is 10.2. The van der Waals surface area contributed by atoms with Gasteiger partial charge in [0.05, 0.1) is 5.69 Å². The molecule has 0 unspecified atom stereocenters. The summed E-state index contributed by atoms with van der Waals surface area (Å²) < 4.78 is 8.11. The van der Waals surface area contributed by atoms with Crippen molar-refractivity contribution in [1.82, 2.24) is 14.7 Å². The second-order valence-electron chi connectivity index (χ2n) is 5.08. The summed E-state index contributed by atoms with van der Waals surface area (Å²) >= 11 is 3.43. The number of hydrogen-bond donors (Lipinski definition) is 1. The van der Waals surface area contributed by atoms with Crippen LogP contribution in [0.2, 0.25) is 0 Å². The Balaban J connectivity index is 1.45. The molecule has 0 spiro atoms.